The molecule has 1 N–H and O–H groups in total. The molecule has 1 fully saturated rings. The van der Waals surface area contributed by atoms with Crippen LogP contribution in [0.3, 0.4) is 0 Å². The van der Waals surface area contributed by atoms with Gasteiger partial charge in [-0.15, -0.1) is 13.2 Å². The summed E-state index contributed by atoms with van der Waals surface area (Å²) in [5.41, 5.74) is -4.65. The van der Waals surface area contributed by atoms with Crippen molar-refractivity contribution in [1.29, 1.82) is 0 Å². The fourth-order valence-corrected chi connectivity index (χ4v) is 4.32. The number of ether oxygens (including phenoxy) is 1. The molecule has 1 heterocycles. The number of benzene rings is 1. The first-order valence-electron chi connectivity index (χ1n) is 11.1. The fourth-order valence-electron chi connectivity index (χ4n) is 4.22. The minimum Gasteiger partial charge on any atom is -0.406 e. The maximum absolute atomic E-state index is 14.2. The maximum Gasteiger partial charge on any atom is 0.573 e. The van der Waals surface area contributed by atoms with E-state index >= 15 is 0 Å². The molecule has 7 nitrogen and oxygen atoms in total. The lowest BCUT2D eigenvalue weighted by molar-refractivity contribution is -0.274. The Bertz CT molecular complexity index is 1120. The number of alkyl halides is 7. The molecule has 1 aromatic carbocycles. The SMILES string of the molecule is Cc1ncncc1[C@](C)(C(=O)NC1CCC(F)(F)CC1)N(C(=O)[C@H](F)Cl)c1ccc(OC(F)(F)F)cc1. The minimum atomic E-state index is -4.99. The van der Waals surface area contributed by atoms with Crippen molar-refractivity contribution in [1.82, 2.24) is 15.3 Å². The van der Waals surface area contributed by atoms with E-state index in [0.29, 0.717) is 4.90 Å². The second kappa shape index (κ2) is 10.7. The Kier molecular flexibility index (Phi) is 8.25. The average molecular weight is 553 g/mol. The Morgan fingerprint density at radius 3 is 2.30 bits per heavy atom. The Morgan fingerprint density at radius 1 is 1.19 bits per heavy atom. The number of nitrogens with one attached hydrogen (secondary N) is 1. The van der Waals surface area contributed by atoms with Crippen molar-refractivity contribution in [3.05, 3.63) is 48.0 Å². The highest BCUT2D eigenvalue weighted by atomic mass is 35.5. The van der Waals surface area contributed by atoms with Crippen LogP contribution in [0.5, 0.6) is 5.75 Å². The summed E-state index contributed by atoms with van der Waals surface area (Å²) in [7, 11) is 0. The third-order valence-electron chi connectivity index (χ3n) is 6.11. The van der Waals surface area contributed by atoms with Gasteiger partial charge in [-0.3, -0.25) is 14.5 Å². The van der Waals surface area contributed by atoms with Gasteiger partial charge >= 0.3 is 6.36 Å². The van der Waals surface area contributed by atoms with Crippen molar-refractivity contribution in [2.45, 2.75) is 69.0 Å². The lowest BCUT2D eigenvalue weighted by Gasteiger charge is -2.42. The molecular formula is C23H23ClF6N4O3. The largest absolute Gasteiger partial charge is 0.573 e. The summed E-state index contributed by atoms with van der Waals surface area (Å²) in [4.78, 5) is 35.4. The molecule has 1 aromatic heterocycles. The van der Waals surface area contributed by atoms with Crippen LogP contribution < -0.4 is 15.0 Å². The Morgan fingerprint density at radius 2 is 1.78 bits per heavy atom. The van der Waals surface area contributed by atoms with E-state index in [1.807, 2.05) is 0 Å². The van der Waals surface area contributed by atoms with Crippen LogP contribution in [-0.2, 0) is 15.1 Å². The van der Waals surface area contributed by atoms with E-state index in [9.17, 15) is 35.9 Å². The maximum atomic E-state index is 14.2. The fraction of sp³-hybridized carbons (Fsp3) is 0.478. The quantitative estimate of drug-likeness (QED) is 0.379. The number of carbonyl (C=O) groups is 2. The van der Waals surface area contributed by atoms with Gasteiger partial charge in [0.2, 0.25) is 5.92 Å². The summed E-state index contributed by atoms with van der Waals surface area (Å²) >= 11 is 5.47. The Labute approximate surface area is 213 Å². The first-order chi connectivity index (χ1) is 17.1. The molecule has 2 amide bonds. The molecule has 0 aliphatic heterocycles. The zero-order valence-corrected chi connectivity index (χ0v) is 20.4. The molecular weight excluding hydrogens is 530 g/mol. The predicted molar refractivity (Wildman–Crippen MR) is 121 cm³/mol. The molecule has 2 atom stereocenters. The Balaban J connectivity index is 2.09. The zero-order valence-electron chi connectivity index (χ0n) is 19.7. The van der Waals surface area contributed by atoms with Gasteiger partial charge in [0, 0.05) is 42.0 Å². The van der Waals surface area contributed by atoms with Gasteiger partial charge in [-0.05, 0) is 51.0 Å². The van der Waals surface area contributed by atoms with Gasteiger partial charge in [-0.1, -0.05) is 11.6 Å². The summed E-state index contributed by atoms with van der Waals surface area (Å²) in [6.45, 7) is 2.75. The van der Waals surface area contributed by atoms with Crippen LogP contribution in [0.4, 0.5) is 32.0 Å². The van der Waals surface area contributed by atoms with Crippen molar-refractivity contribution in [2.75, 3.05) is 4.90 Å². The number of hydrogen-bond acceptors (Lipinski definition) is 5. The highest BCUT2D eigenvalue weighted by Gasteiger charge is 2.49. The van der Waals surface area contributed by atoms with E-state index in [-0.39, 0.29) is 29.8 Å². The molecule has 0 spiro atoms. The number of aromatic nitrogens is 2. The van der Waals surface area contributed by atoms with E-state index < -0.39 is 59.9 Å². The molecule has 1 aliphatic rings. The van der Waals surface area contributed by atoms with E-state index in [4.69, 9.17) is 11.6 Å². The van der Waals surface area contributed by atoms with Crippen LogP contribution in [0.1, 0.15) is 43.9 Å². The number of nitrogens with zero attached hydrogens (tertiary/aromatic N) is 3. The van der Waals surface area contributed by atoms with E-state index in [1.54, 1.807) is 0 Å². The normalized spacial score (nSPS) is 18.4. The van der Waals surface area contributed by atoms with Gasteiger partial charge < -0.3 is 10.1 Å². The summed E-state index contributed by atoms with van der Waals surface area (Å²) in [5, 5.41) is 2.65. The van der Waals surface area contributed by atoms with Crippen molar-refractivity contribution >= 4 is 29.1 Å². The Hall–Kier alpha value is -3.09. The van der Waals surface area contributed by atoms with Crippen LogP contribution in [0.25, 0.3) is 0 Å². The molecule has 3 rings (SSSR count). The van der Waals surface area contributed by atoms with Gasteiger partial charge in [-0.2, -0.15) is 0 Å². The molecule has 0 saturated heterocycles. The van der Waals surface area contributed by atoms with Crippen molar-refractivity contribution in [2.24, 2.45) is 0 Å². The first kappa shape index (κ1) is 28.5. The van der Waals surface area contributed by atoms with Crippen molar-refractivity contribution in [3.63, 3.8) is 0 Å². The van der Waals surface area contributed by atoms with Gasteiger partial charge in [0.1, 0.15) is 12.1 Å². The third kappa shape index (κ3) is 6.62. The van der Waals surface area contributed by atoms with Gasteiger partial charge in [0.25, 0.3) is 17.4 Å². The number of aryl methyl sites for hydroxylation is 1. The summed E-state index contributed by atoms with van der Waals surface area (Å²) < 4.78 is 83.1. The molecule has 1 aliphatic carbocycles. The third-order valence-corrected chi connectivity index (χ3v) is 6.30. The highest BCUT2D eigenvalue weighted by Crippen LogP contribution is 2.38. The molecule has 202 valence electrons. The molecule has 37 heavy (non-hydrogen) atoms. The van der Waals surface area contributed by atoms with E-state index in [1.165, 1.54) is 26.4 Å². The molecule has 0 bridgehead atoms. The lowest BCUT2D eigenvalue weighted by Crippen LogP contribution is -2.60. The monoisotopic (exact) mass is 552 g/mol. The zero-order chi connectivity index (χ0) is 27.6. The van der Waals surface area contributed by atoms with Gasteiger partial charge in [0.05, 0.1) is 0 Å². The highest BCUT2D eigenvalue weighted by molar-refractivity contribution is 6.32. The molecule has 2 aromatic rings. The summed E-state index contributed by atoms with van der Waals surface area (Å²) in [5.74, 6) is -5.76. The average Bonchev–Trinajstić information content (AvgIpc) is 2.80. The van der Waals surface area contributed by atoms with Crippen LogP contribution in [0.15, 0.2) is 36.8 Å². The number of hydrogen-bond donors (Lipinski definition) is 1. The first-order valence-corrected chi connectivity index (χ1v) is 11.5. The van der Waals surface area contributed by atoms with Crippen molar-refractivity contribution < 1.29 is 40.7 Å². The molecule has 1 saturated carbocycles. The summed E-state index contributed by atoms with van der Waals surface area (Å²) in [6.07, 6.45) is -3.59. The van der Waals surface area contributed by atoms with Crippen LogP contribution in [0.2, 0.25) is 0 Å². The van der Waals surface area contributed by atoms with Crippen LogP contribution in [-0.4, -0.2) is 45.7 Å². The van der Waals surface area contributed by atoms with Gasteiger partial charge in [0.15, 0.2) is 5.54 Å². The number of carbonyl (C=O) groups excluding carboxylic acids is 2. The second-order valence-corrected chi connectivity index (χ2v) is 9.10. The van der Waals surface area contributed by atoms with Crippen LogP contribution >= 0.6 is 11.6 Å². The lowest BCUT2D eigenvalue weighted by atomic mass is 9.86. The standard InChI is InChI=1S/C23H23ClF6N4O3/c1-13-17(11-31-12-32-13)21(2,20(36)33-14-7-9-22(26,27)10-8-14)34(19(35)18(24)25)15-3-5-16(6-4-15)37-23(28,29)30/h3-6,11-12,14,18H,7-10H2,1-2H3,(H,33,36)/t18-,21+/m0/s1. The van der Waals surface area contributed by atoms with Crippen LogP contribution in [0, 0.1) is 6.92 Å². The number of anilines is 1. The molecule has 0 radical (unpaired) electrons. The minimum absolute atomic E-state index is 0.0439. The second-order valence-electron chi connectivity index (χ2n) is 8.71. The predicted octanol–water partition coefficient (Wildman–Crippen LogP) is 5.16. The summed E-state index contributed by atoms with van der Waals surface area (Å²) in [6, 6.07) is 3.11. The van der Waals surface area contributed by atoms with Gasteiger partial charge in [-0.25, -0.2) is 23.1 Å². The number of rotatable bonds is 7. The van der Waals surface area contributed by atoms with E-state index in [2.05, 4.69) is 20.0 Å². The molecule has 14 heteroatoms. The number of amides is 2. The van der Waals surface area contributed by atoms with E-state index in [0.717, 1.165) is 24.3 Å². The number of halogens is 7. The smallest absolute Gasteiger partial charge is 0.406 e. The van der Waals surface area contributed by atoms with Crippen molar-refractivity contribution in [3.8, 4) is 5.75 Å². The molecule has 0 unspecified atom stereocenters. The topological polar surface area (TPSA) is 84.4 Å².